The molecule has 0 bridgehead atoms. The Kier molecular flexibility index (Phi) is 5.25. The Morgan fingerprint density at radius 3 is 2.19 bits per heavy atom. The summed E-state index contributed by atoms with van der Waals surface area (Å²) in [6.07, 6.45) is -0.326. The zero-order chi connectivity index (χ0) is 16.3. The maximum absolute atomic E-state index is 11.7. The van der Waals surface area contributed by atoms with Crippen LogP contribution in [0.2, 0.25) is 0 Å². The highest BCUT2D eigenvalue weighted by Crippen LogP contribution is 2.35. The lowest BCUT2D eigenvalue weighted by atomic mass is 9.78. The lowest BCUT2D eigenvalue weighted by Crippen LogP contribution is -2.45. The second kappa shape index (κ2) is 6.21. The fourth-order valence-corrected chi connectivity index (χ4v) is 3.97. The topological polar surface area (TPSA) is 110 Å². The predicted molar refractivity (Wildman–Crippen MR) is 76.8 cm³/mol. The maximum Gasteiger partial charge on any atom is 0.407 e. The first-order valence-electron chi connectivity index (χ1n) is 6.82. The van der Waals surface area contributed by atoms with Gasteiger partial charge in [0.2, 0.25) is 0 Å². The Morgan fingerprint density at radius 2 is 1.76 bits per heavy atom. The van der Waals surface area contributed by atoms with E-state index in [-0.39, 0.29) is 37.3 Å². The van der Waals surface area contributed by atoms with E-state index in [9.17, 15) is 18.0 Å². The average molecular weight is 321 g/mol. The van der Waals surface area contributed by atoms with Crippen LogP contribution in [0.15, 0.2) is 0 Å². The molecule has 0 aromatic heterocycles. The molecule has 1 fully saturated rings. The van der Waals surface area contributed by atoms with E-state index >= 15 is 0 Å². The lowest BCUT2D eigenvalue weighted by molar-refractivity contribution is -0.140. The molecule has 0 saturated carbocycles. The average Bonchev–Trinajstić information content (AvgIpc) is 2.28. The van der Waals surface area contributed by atoms with E-state index in [1.165, 1.54) is 0 Å². The molecule has 0 spiro atoms. The number of aliphatic carboxylic acids is 1. The van der Waals surface area contributed by atoms with Crippen LogP contribution in [0.1, 0.15) is 40.0 Å². The third-order valence-corrected chi connectivity index (χ3v) is 5.07. The van der Waals surface area contributed by atoms with Crippen molar-refractivity contribution >= 4 is 21.9 Å². The van der Waals surface area contributed by atoms with Crippen molar-refractivity contribution in [3.05, 3.63) is 0 Å². The van der Waals surface area contributed by atoms with E-state index in [1.807, 2.05) is 0 Å². The number of sulfone groups is 1. The molecule has 1 heterocycles. The van der Waals surface area contributed by atoms with Crippen molar-refractivity contribution in [2.24, 2.45) is 5.41 Å². The van der Waals surface area contributed by atoms with E-state index in [2.05, 4.69) is 5.32 Å². The first kappa shape index (κ1) is 17.7. The summed E-state index contributed by atoms with van der Waals surface area (Å²) in [5.41, 5.74) is -1.37. The maximum atomic E-state index is 11.7. The minimum atomic E-state index is -3.09. The summed E-state index contributed by atoms with van der Waals surface area (Å²) in [6, 6.07) is 0. The number of hydrogen-bond acceptors (Lipinski definition) is 5. The van der Waals surface area contributed by atoms with Crippen LogP contribution in [0.5, 0.6) is 0 Å². The molecule has 0 unspecified atom stereocenters. The van der Waals surface area contributed by atoms with E-state index in [1.54, 1.807) is 20.8 Å². The number of carbonyl (C=O) groups is 2. The van der Waals surface area contributed by atoms with Crippen LogP contribution >= 0.6 is 0 Å². The molecule has 7 nitrogen and oxygen atoms in total. The number of nitrogens with one attached hydrogen (secondary N) is 1. The molecule has 1 aliphatic heterocycles. The first-order valence-corrected chi connectivity index (χ1v) is 8.64. The SMILES string of the molecule is CC(C)(C)OC(=O)NCC1(CC(=O)O)CCS(=O)(=O)CC1. The van der Waals surface area contributed by atoms with Crippen LogP contribution < -0.4 is 5.32 Å². The predicted octanol–water partition coefficient (Wildman–Crippen LogP) is 1.18. The van der Waals surface area contributed by atoms with Gasteiger partial charge in [-0.05, 0) is 33.6 Å². The van der Waals surface area contributed by atoms with E-state index in [0.717, 1.165) is 0 Å². The largest absolute Gasteiger partial charge is 0.481 e. The van der Waals surface area contributed by atoms with Gasteiger partial charge in [0.25, 0.3) is 0 Å². The highest BCUT2D eigenvalue weighted by atomic mass is 32.2. The van der Waals surface area contributed by atoms with Gasteiger partial charge in [-0.1, -0.05) is 0 Å². The van der Waals surface area contributed by atoms with Crippen molar-refractivity contribution in [1.82, 2.24) is 5.32 Å². The molecular weight excluding hydrogens is 298 g/mol. The second-order valence-electron chi connectivity index (χ2n) is 6.58. The molecule has 21 heavy (non-hydrogen) atoms. The third-order valence-electron chi connectivity index (χ3n) is 3.42. The molecule has 2 N–H and O–H groups in total. The van der Waals surface area contributed by atoms with Crippen molar-refractivity contribution in [1.29, 1.82) is 0 Å². The number of ether oxygens (including phenoxy) is 1. The minimum Gasteiger partial charge on any atom is -0.481 e. The molecule has 1 amide bonds. The molecule has 122 valence electrons. The monoisotopic (exact) mass is 321 g/mol. The van der Waals surface area contributed by atoms with Crippen LogP contribution in [0.25, 0.3) is 0 Å². The molecule has 0 aliphatic carbocycles. The Labute approximate surface area is 125 Å². The van der Waals surface area contributed by atoms with Gasteiger partial charge in [0, 0.05) is 12.0 Å². The van der Waals surface area contributed by atoms with Crippen LogP contribution in [-0.4, -0.2) is 49.2 Å². The van der Waals surface area contributed by atoms with Crippen molar-refractivity contribution in [3.63, 3.8) is 0 Å². The molecule has 0 radical (unpaired) electrons. The number of rotatable bonds is 4. The van der Waals surface area contributed by atoms with Gasteiger partial charge in [-0.25, -0.2) is 13.2 Å². The molecule has 1 saturated heterocycles. The van der Waals surface area contributed by atoms with Crippen molar-refractivity contribution in [2.75, 3.05) is 18.1 Å². The summed E-state index contributed by atoms with van der Waals surface area (Å²) in [7, 11) is -3.09. The number of amides is 1. The van der Waals surface area contributed by atoms with Gasteiger partial charge in [-0.15, -0.1) is 0 Å². The zero-order valence-electron chi connectivity index (χ0n) is 12.6. The van der Waals surface area contributed by atoms with Crippen molar-refractivity contribution in [2.45, 2.75) is 45.6 Å². The fourth-order valence-electron chi connectivity index (χ4n) is 2.28. The van der Waals surface area contributed by atoms with Crippen LogP contribution in [0.3, 0.4) is 0 Å². The van der Waals surface area contributed by atoms with Crippen molar-refractivity contribution in [3.8, 4) is 0 Å². The fraction of sp³-hybridized carbons (Fsp3) is 0.846. The molecule has 0 aromatic rings. The molecule has 1 aliphatic rings. The summed E-state index contributed by atoms with van der Waals surface area (Å²) in [6.45, 7) is 5.29. The first-order chi connectivity index (χ1) is 9.43. The summed E-state index contributed by atoms with van der Waals surface area (Å²) in [5.74, 6) is -1.09. The van der Waals surface area contributed by atoms with Gasteiger partial charge in [-0.2, -0.15) is 0 Å². The van der Waals surface area contributed by atoms with E-state index in [4.69, 9.17) is 9.84 Å². The van der Waals surface area contributed by atoms with Crippen molar-refractivity contribution < 1.29 is 27.9 Å². The number of carboxylic acids is 1. The van der Waals surface area contributed by atoms with Gasteiger partial charge in [-0.3, -0.25) is 4.79 Å². The number of hydrogen-bond donors (Lipinski definition) is 2. The van der Waals surface area contributed by atoms with Gasteiger partial charge >= 0.3 is 12.1 Å². The molecule has 1 rings (SSSR count). The van der Waals surface area contributed by atoms with Gasteiger partial charge in [0.1, 0.15) is 15.4 Å². The summed E-state index contributed by atoms with van der Waals surface area (Å²) in [5, 5.41) is 11.6. The van der Waals surface area contributed by atoms with E-state index < -0.39 is 32.9 Å². The zero-order valence-corrected chi connectivity index (χ0v) is 13.5. The van der Waals surface area contributed by atoms with Crippen LogP contribution in [-0.2, 0) is 19.4 Å². The van der Waals surface area contributed by atoms with Gasteiger partial charge < -0.3 is 15.2 Å². The third kappa shape index (κ3) is 6.33. The normalized spacial score (nSPS) is 20.5. The molecule has 0 atom stereocenters. The summed E-state index contributed by atoms with van der Waals surface area (Å²) >= 11 is 0. The van der Waals surface area contributed by atoms with Gasteiger partial charge in [0.15, 0.2) is 0 Å². The Morgan fingerprint density at radius 1 is 1.24 bits per heavy atom. The van der Waals surface area contributed by atoms with Crippen LogP contribution in [0.4, 0.5) is 4.79 Å². The number of carbonyl (C=O) groups excluding carboxylic acids is 1. The Hall–Kier alpha value is -1.31. The standard InChI is InChI=1S/C13H23NO6S/c1-12(2,3)20-11(17)14-9-13(8-10(15)16)4-6-21(18,19)7-5-13/h4-9H2,1-3H3,(H,14,17)(H,15,16). The highest BCUT2D eigenvalue weighted by molar-refractivity contribution is 7.91. The summed E-state index contributed by atoms with van der Waals surface area (Å²) < 4.78 is 28.1. The molecule has 8 heteroatoms. The van der Waals surface area contributed by atoms with E-state index in [0.29, 0.717) is 0 Å². The summed E-state index contributed by atoms with van der Waals surface area (Å²) in [4.78, 5) is 22.7. The Balaban J connectivity index is 2.68. The quantitative estimate of drug-likeness (QED) is 0.804. The molecule has 0 aromatic carbocycles. The van der Waals surface area contributed by atoms with Gasteiger partial charge in [0.05, 0.1) is 17.9 Å². The smallest absolute Gasteiger partial charge is 0.407 e. The minimum absolute atomic E-state index is 0.0454. The second-order valence-corrected chi connectivity index (χ2v) is 8.88. The van der Waals surface area contributed by atoms with Crippen LogP contribution in [0, 0.1) is 5.41 Å². The number of alkyl carbamates (subject to hydrolysis) is 1. The lowest BCUT2D eigenvalue weighted by Gasteiger charge is -2.36. The highest BCUT2D eigenvalue weighted by Gasteiger charge is 2.39. The molecular formula is C13H23NO6S. The number of carboxylic acid groups (broad SMARTS) is 1. The Bertz CT molecular complexity index is 491.